The van der Waals surface area contributed by atoms with Crippen molar-refractivity contribution in [1.29, 1.82) is 0 Å². The summed E-state index contributed by atoms with van der Waals surface area (Å²) in [4.78, 5) is 0. The first kappa shape index (κ1) is 8.05. The zero-order chi connectivity index (χ0) is 9.22. The molecule has 13 heavy (non-hydrogen) atoms. The van der Waals surface area contributed by atoms with Crippen LogP contribution in [0.4, 0.5) is 0 Å². The van der Waals surface area contributed by atoms with Gasteiger partial charge in [-0.25, -0.2) is 0 Å². The van der Waals surface area contributed by atoms with Gasteiger partial charge in [0.05, 0.1) is 0 Å². The van der Waals surface area contributed by atoms with Gasteiger partial charge in [-0.2, -0.15) is 0 Å². The predicted octanol–water partition coefficient (Wildman–Crippen LogP) is 2.33. The lowest BCUT2D eigenvalue weighted by Crippen LogP contribution is -2.48. The molecule has 0 saturated heterocycles. The van der Waals surface area contributed by atoms with Crippen molar-refractivity contribution >= 4 is 0 Å². The molecule has 0 aromatic carbocycles. The molecule has 2 N–H and O–H groups in total. The Hall–Kier alpha value is -0.300. The van der Waals surface area contributed by atoms with Crippen LogP contribution >= 0.6 is 0 Å². The Balaban J connectivity index is 1.86. The molecule has 4 aliphatic rings. The summed E-state index contributed by atoms with van der Waals surface area (Å²) in [6.07, 6.45) is 6.52. The maximum absolute atomic E-state index is 5.92. The van der Waals surface area contributed by atoms with E-state index in [4.69, 9.17) is 5.73 Å². The molecule has 2 fully saturated rings. The van der Waals surface area contributed by atoms with Crippen LogP contribution in [0.3, 0.4) is 0 Å². The second-order valence-electron chi connectivity index (χ2n) is 5.75. The average molecular weight is 177 g/mol. The van der Waals surface area contributed by atoms with Crippen LogP contribution in [0.15, 0.2) is 11.6 Å². The lowest BCUT2D eigenvalue weighted by molar-refractivity contribution is -0.00961. The molecule has 4 aliphatic carbocycles. The summed E-state index contributed by atoms with van der Waals surface area (Å²) in [7, 11) is 0. The Morgan fingerprint density at radius 1 is 1.38 bits per heavy atom. The van der Waals surface area contributed by atoms with Crippen molar-refractivity contribution in [2.45, 2.75) is 39.2 Å². The topological polar surface area (TPSA) is 26.0 Å². The highest BCUT2D eigenvalue weighted by Gasteiger charge is 2.55. The van der Waals surface area contributed by atoms with Gasteiger partial charge in [-0.1, -0.05) is 25.5 Å². The zero-order valence-electron chi connectivity index (χ0n) is 8.59. The molecule has 0 spiro atoms. The van der Waals surface area contributed by atoms with Gasteiger partial charge < -0.3 is 5.73 Å². The van der Waals surface area contributed by atoms with Crippen molar-refractivity contribution in [2.75, 3.05) is 0 Å². The monoisotopic (exact) mass is 177 g/mol. The summed E-state index contributed by atoms with van der Waals surface area (Å²) in [5.41, 5.74) is 8.24. The SMILES string of the molecule is CC1(C)C2CC=C([C@@H]3C[C@H]3N)C1C2. The summed E-state index contributed by atoms with van der Waals surface area (Å²) in [5, 5.41) is 0. The molecule has 0 aromatic rings. The van der Waals surface area contributed by atoms with E-state index in [2.05, 4.69) is 19.9 Å². The Morgan fingerprint density at radius 3 is 2.54 bits per heavy atom. The van der Waals surface area contributed by atoms with E-state index in [0.29, 0.717) is 11.5 Å². The van der Waals surface area contributed by atoms with Crippen LogP contribution in [0.1, 0.15) is 33.1 Å². The highest BCUT2D eigenvalue weighted by molar-refractivity contribution is 5.30. The van der Waals surface area contributed by atoms with E-state index in [1.54, 1.807) is 5.57 Å². The summed E-state index contributed by atoms with van der Waals surface area (Å²) in [5.74, 6) is 2.62. The van der Waals surface area contributed by atoms with E-state index >= 15 is 0 Å². The number of rotatable bonds is 1. The molecular formula is C12H19N. The van der Waals surface area contributed by atoms with Gasteiger partial charge in [-0.3, -0.25) is 0 Å². The molecule has 2 bridgehead atoms. The van der Waals surface area contributed by atoms with Crippen LogP contribution in [-0.4, -0.2) is 6.04 Å². The standard InChI is InChI=1S/C12H19N/c1-12(2)7-3-4-8(10(12)5-7)9-6-11(9)13/h4,7,9-11H,3,5-6,13H2,1-2H3/t7?,9-,10?,11+/m0/s1. The average Bonchev–Trinajstić information content (AvgIpc) is 2.82. The third kappa shape index (κ3) is 0.914. The van der Waals surface area contributed by atoms with E-state index in [9.17, 15) is 0 Å². The highest BCUT2D eigenvalue weighted by atomic mass is 14.8. The number of hydrogen-bond acceptors (Lipinski definition) is 1. The van der Waals surface area contributed by atoms with Crippen LogP contribution in [0.25, 0.3) is 0 Å². The van der Waals surface area contributed by atoms with Gasteiger partial charge in [0.2, 0.25) is 0 Å². The van der Waals surface area contributed by atoms with Crippen LogP contribution in [0.5, 0.6) is 0 Å². The molecule has 4 rings (SSSR count). The second kappa shape index (κ2) is 2.20. The third-order valence-electron chi connectivity index (χ3n) is 4.78. The van der Waals surface area contributed by atoms with Crippen molar-refractivity contribution < 1.29 is 0 Å². The van der Waals surface area contributed by atoms with Crippen LogP contribution in [0.2, 0.25) is 0 Å². The number of fused-ring (bicyclic) bond motifs is 1. The van der Waals surface area contributed by atoms with Gasteiger partial charge >= 0.3 is 0 Å². The summed E-state index contributed by atoms with van der Waals surface area (Å²) in [6.45, 7) is 4.87. The van der Waals surface area contributed by atoms with Crippen LogP contribution in [0, 0.1) is 23.2 Å². The molecule has 1 heteroatoms. The lowest BCUT2D eigenvalue weighted by atomic mass is 9.48. The quantitative estimate of drug-likeness (QED) is 0.611. The Labute approximate surface area is 80.4 Å². The van der Waals surface area contributed by atoms with Gasteiger partial charge in [0.1, 0.15) is 0 Å². The van der Waals surface area contributed by atoms with Crippen molar-refractivity contribution in [3.63, 3.8) is 0 Å². The molecule has 0 aromatic heterocycles. The van der Waals surface area contributed by atoms with E-state index in [1.807, 2.05) is 0 Å². The minimum Gasteiger partial charge on any atom is -0.327 e. The maximum atomic E-state index is 5.92. The van der Waals surface area contributed by atoms with E-state index in [-0.39, 0.29) is 0 Å². The Morgan fingerprint density at radius 2 is 2.08 bits per heavy atom. The van der Waals surface area contributed by atoms with Gasteiger partial charge in [-0.15, -0.1) is 0 Å². The van der Waals surface area contributed by atoms with Crippen LogP contribution < -0.4 is 5.73 Å². The summed E-state index contributed by atoms with van der Waals surface area (Å²) in [6, 6.07) is 0.499. The fourth-order valence-electron chi connectivity index (χ4n) is 3.41. The molecule has 1 nitrogen and oxygen atoms in total. The van der Waals surface area contributed by atoms with E-state index in [1.165, 1.54) is 19.3 Å². The van der Waals surface area contributed by atoms with Crippen molar-refractivity contribution in [1.82, 2.24) is 0 Å². The molecule has 2 unspecified atom stereocenters. The first-order chi connectivity index (χ1) is 6.10. The van der Waals surface area contributed by atoms with Crippen LogP contribution in [-0.2, 0) is 0 Å². The van der Waals surface area contributed by atoms with E-state index in [0.717, 1.165) is 17.8 Å². The minimum atomic E-state index is 0.499. The Bertz CT molecular complexity index is 277. The number of allylic oxidation sites excluding steroid dienone is 1. The lowest BCUT2D eigenvalue weighted by Gasteiger charge is -2.56. The molecule has 0 radical (unpaired) electrons. The van der Waals surface area contributed by atoms with Gasteiger partial charge in [0.25, 0.3) is 0 Å². The summed E-state index contributed by atoms with van der Waals surface area (Å²) >= 11 is 0. The first-order valence-electron chi connectivity index (χ1n) is 5.56. The molecule has 0 heterocycles. The Kier molecular flexibility index (Phi) is 1.36. The van der Waals surface area contributed by atoms with Gasteiger partial charge in [-0.05, 0) is 42.4 Å². The number of nitrogens with two attached hydrogens (primary N) is 1. The molecular weight excluding hydrogens is 158 g/mol. The maximum Gasteiger partial charge on any atom is 0.0112 e. The summed E-state index contributed by atoms with van der Waals surface area (Å²) < 4.78 is 0. The molecule has 0 aliphatic heterocycles. The van der Waals surface area contributed by atoms with Crippen molar-refractivity contribution in [3.05, 3.63) is 11.6 Å². The zero-order valence-corrected chi connectivity index (χ0v) is 8.59. The van der Waals surface area contributed by atoms with Crippen molar-refractivity contribution in [2.24, 2.45) is 28.9 Å². The number of hydrogen-bond donors (Lipinski definition) is 1. The first-order valence-corrected chi connectivity index (χ1v) is 5.56. The van der Waals surface area contributed by atoms with E-state index < -0.39 is 0 Å². The molecule has 2 saturated carbocycles. The molecule has 0 amide bonds. The third-order valence-corrected chi connectivity index (χ3v) is 4.78. The normalized spacial score (nSPS) is 50.8. The fraction of sp³-hybridized carbons (Fsp3) is 0.833. The highest BCUT2D eigenvalue weighted by Crippen LogP contribution is 2.62. The smallest absolute Gasteiger partial charge is 0.0112 e. The van der Waals surface area contributed by atoms with Crippen molar-refractivity contribution in [3.8, 4) is 0 Å². The molecule has 4 atom stereocenters. The second-order valence-corrected chi connectivity index (χ2v) is 5.75. The predicted molar refractivity (Wildman–Crippen MR) is 54.2 cm³/mol. The van der Waals surface area contributed by atoms with Gasteiger partial charge in [0, 0.05) is 6.04 Å². The minimum absolute atomic E-state index is 0.499. The molecule has 72 valence electrons. The largest absolute Gasteiger partial charge is 0.327 e. The fourth-order valence-corrected chi connectivity index (χ4v) is 3.41. The van der Waals surface area contributed by atoms with Gasteiger partial charge in [0.15, 0.2) is 0 Å².